The van der Waals surface area contributed by atoms with E-state index in [-0.39, 0.29) is 6.79 Å². The van der Waals surface area contributed by atoms with Gasteiger partial charge < -0.3 is 14.6 Å². The molecule has 0 spiro atoms. The Balaban J connectivity index is 2.72. The van der Waals surface area contributed by atoms with Crippen molar-refractivity contribution in [2.45, 2.75) is 13.0 Å². The molecule has 0 aliphatic carbocycles. The molecule has 0 aromatic heterocycles. The predicted molar refractivity (Wildman–Crippen MR) is 29.5 cm³/mol. The van der Waals surface area contributed by atoms with Crippen molar-refractivity contribution in [3.05, 3.63) is 0 Å². The van der Waals surface area contributed by atoms with Crippen molar-refractivity contribution in [1.82, 2.24) is 0 Å². The molecule has 0 radical (unpaired) electrons. The van der Waals surface area contributed by atoms with Crippen LogP contribution in [0.25, 0.3) is 0 Å². The molecule has 0 amide bonds. The molecule has 0 rings (SSSR count). The molecule has 1 atom stereocenters. The Morgan fingerprint density at radius 3 is 2.62 bits per heavy atom. The second-order valence-corrected chi connectivity index (χ2v) is 1.63. The maximum atomic E-state index is 8.60. The lowest BCUT2D eigenvalue weighted by Gasteiger charge is -2.03. The summed E-state index contributed by atoms with van der Waals surface area (Å²) in [4.78, 5) is 0. The molecule has 0 heterocycles. The average molecular weight is 120 g/mol. The fourth-order valence-electron chi connectivity index (χ4n) is 0.302. The van der Waals surface area contributed by atoms with E-state index in [4.69, 9.17) is 9.84 Å². The van der Waals surface area contributed by atoms with Crippen molar-refractivity contribution in [2.24, 2.45) is 0 Å². The normalized spacial score (nSPS) is 13.9. The van der Waals surface area contributed by atoms with Crippen molar-refractivity contribution in [2.75, 3.05) is 20.5 Å². The van der Waals surface area contributed by atoms with Gasteiger partial charge in [-0.25, -0.2) is 0 Å². The molecule has 1 N–H and O–H groups in total. The number of methoxy groups -OCH3 is 1. The first kappa shape index (κ1) is 7.88. The number of hydrogen-bond donors (Lipinski definition) is 1. The number of hydrogen-bond acceptors (Lipinski definition) is 3. The van der Waals surface area contributed by atoms with Gasteiger partial charge in [0.2, 0.25) is 0 Å². The lowest BCUT2D eigenvalue weighted by atomic mass is 10.5. The molecule has 1 unspecified atom stereocenters. The third-order valence-electron chi connectivity index (χ3n) is 0.560. The van der Waals surface area contributed by atoms with Crippen LogP contribution in [0.4, 0.5) is 0 Å². The van der Waals surface area contributed by atoms with Crippen LogP contribution in [0.15, 0.2) is 0 Å². The zero-order valence-corrected chi connectivity index (χ0v) is 5.26. The van der Waals surface area contributed by atoms with Gasteiger partial charge in [-0.05, 0) is 6.92 Å². The lowest BCUT2D eigenvalue weighted by molar-refractivity contribution is -0.0577. The van der Waals surface area contributed by atoms with Gasteiger partial charge in [0.25, 0.3) is 0 Å². The Hall–Kier alpha value is -0.120. The minimum Gasteiger partial charge on any atom is -0.391 e. The van der Waals surface area contributed by atoms with E-state index in [2.05, 4.69) is 4.74 Å². The van der Waals surface area contributed by atoms with Crippen molar-refractivity contribution >= 4 is 0 Å². The molecule has 0 aliphatic heterocycles. The summed E-state index contributed by atoms with van der Waals surface area (Å²) in [5.74, 6) is 0. The van der Waals surface area contributed by atoms with Crippen LogP contribution in [0.2, 0.25) is 0 Å². The van der Waals surface area contributed by atoms with E-state index in [1.54, 1.807) is 14.0 Å². The Labute approximate surface area is 49.2 Å². The highest BCUT2D eigenvalue weighted by Gasteiger charge is 1.91. The van der Waals surface area contributed by atoms with Crippen molar-refractivity contribution < 1.29 is 14.6 Å². The molecule has 3 nitrogen and oxygen atoms in total. The van der Waals surface area contributed by atoms with E-state index in [1.807, 2.05) is 0 Å². The van der Waals surface area contributed by atoms with Gasteiger partial charge in [0.1, 0.15) is 6.79 Å². The average Bonchev–Trinajstić information content (AvgIpc) is 1.66. The van der Waals surface area contributed by atoms with Gasteiger partial charge in [0.15, 0.2) is 0 Å². The topological polar surface area (TPSA) is 38.7 Å². The summed E-state index contributed by atoms with van der Waals surface area (Å²) < 4.78 is 9.33. The van der Waals surface area contributed by atoms with Gasteiger partial charge in [-0.1, -0.05) is 0 Å². The zero-order valence-electron chi connectivity index (χ0n) is 5.26. The summed E-state index contributed by atoms with van der Waals surface area (Å²) in [7, 11) is 1.54. The van der Waals surface area contributed by atoms with E-state index < -0.39 is 6.10 Å². The van der Waals surface area contributed by atoms with Gasteiger partial charge >= 0.3 is 0 Å². The minimum absolute atomic E-state index is 0.255. The molecule has 0 saturated heterocycles. The summed E-state index contributed by atoms with van der Waals surface area (Å²) in [6.45, 7) is 2.26. The molecule has 0 aliphatic rings. The molecule has 0 saturated carbocycles. The van der Waals surface area contributed by atoms with Gasteiger partial charge in [0, 0.05) is 7.11 Å². The van der Waals surface area contributed by atoms with Gasteiger partial charge in [-0.3, -0.25) is 0 Å². The van der Waals surface area contributed by atoms with Gasteiger partial charge in [-0.2, -0.15) is 0 Å². The van der Waals surface area contributed by atoms with Crippen LogP contribution in [0.1, 0.15) is 6.92 Å². The Morgan fingerprint density at radius 1 is 1.62 bits per heavy atom. The van der Waals surface area contributed by atoms with Crippen LogP contribution in [0.3, 0.4) is 0 Å². The lowest BCUT2D eigenvalue weighted by Crippen LogP contribution is -2.11. The monoisotopic (exact) mass is 120 g/mol. The van der Waals surface area contributed by atoms with Crippen LogP contribution in [-0.2, 0) is 9.47 Å². The second kappa shape index (κ2) is 5.03. The van der Waals surface area contributed by atoms with E-state index in [0.717, 1.165) is 0 Å². The SMILES string of the molecule is COCOCC(C)O. The van der Waals surface area contributed by atoms with Crippen LogP contribution >= 0.6 is 0 Å². The van der Waals surface area contributed by atoms with Gasteiger partial charge in [0.05, 0.1) is 12.7 Å². The predicted octanol–water partition coefficient (Wildman–Crippen LogP) is -0.0123. The summed E-state index contributed by atoms with van der Waals surface area (Å²) in [5, 5.41) is 8.60. The molecule has 3 heteroatoms. The highest BCUT2D eigenvalue weighted by Crippen LogP contribution is 1.80. The Morgan fingerprint density at radius 2 is 2.25 bits per heavy atom. The molecule has 0 aromatic carbocycles. The first-order chi connectivity index (χ1) is 3.77. The zero-order chi connectivity index (χ0) is 6.41. The molecule has 50 valence electrons. The molecule has 0 aromatic rings. The van der Waals surface area contributed by atoms with E-state index in [0.29, 0.717) is 6.61 Å². The minimum atomic E-state index is -0.398. The van der Waals surface area contributed by atoms with Crippen molar-refractivity contribution in [3.63, 3.8) is 0 Å². The van der Waals surface area contributed by atoms with Crippen LogP contribution in [0, 0.1) is 0 Å². The molecule has 0 bridgehead atoms. The fraction of sp³-hybridized carbons (Fsp3) is 1.00. The van der Waals surface area contributed by atoms with Crippen molar-refractivity contribution in [1.29, 1.82) is 0 Å². The van der Waals surface area contributed by atoms with Crippen molar-refractivity contribution in [3.8, 4) is 0 Å². The van der Waals surface area contributed by atoms with Crippen LogP contribution in [0.5, 0.6) is 0 Å². The molecular formula is C5H12O3. The van der Waals surface area contributed by atoms with Crippen LogP contribution in [-0.4, -0.2) is 31.7 Å². The standard InChI is InChI=1S/C5H12O3/c1-5(6)3-8-4-7-2/h5-6H,3-4H2,1-2H3. The third-order valence-corrected chi connectivity index (χ3v) is 0.560. The van der Waals surface area contributed by atoms with Crippen LogP contribution < -0.4 is 0 Å². The number of rotatable bonds is 4. The molecule has 8 heavy (non-hydrogen) atoms. The number of aliphatic hydroxyl groups is 1. The first-order valence-electron chi connectivity index (χ1n) is 2.52. The summed E-state index contributed by atoms with van der Waals surface area (Å²) in [5.41, 5.74) is 0. The largest absolute Gasteiger partial charge is 0.391 e. The van der Waals surface area contributed by atoms with E-state index in [9.17, 15) is 0 Å². The Bertz CT molecular complexity index is 44.9. The maximum absolute atomic E-state index is 8.60. The Kier molecular flexibility index (Phi) is 4.95. The smallest absolute Gasteiger partial charge is 0.146 e. The summed E-state index contributed by atoms with van der Waals surface area (Å²) >= 11 is 0. The quantitative estimate of drug-likeness (QED) is 0.419. The van der Waals surface area contributed by atoms with E-state index in [1.165, 1.54) is 0 Å². The first-order valence-corrected chi connectivity index (χ1v) is 2.52. The highest BCUT2D eigenvalue weighted by atomic mass is 16.7. The molecular weight excluding hydrogens is 108 g/mol. The summed E-state index contributed by atoms with van der Waals surface area (Å²) in [6.07, 6.45) is -0.398. The fourth-order valence-corrected chi connectivity index (χ4v) is 0.302. The number of aliphatic hydroxyl groups excluding tert-OH is 1. The highest BCUT2D eigenvalue weighted by molar-refractivity contribution is 4.37. The summed E-state index contributed by atoms with van der Waals surface area (Å²) in [6, 6.07) is 0. The van der Waals surface area contributed by atoms with E-state index >= 15 is 0 Å². The molecule has 0 fully saturated rings. The third kappa shape index (κ3) is 5.88. The second-order valence-electron chi connectivity index (χ2n) is 1.63. The number of ether oxygens (including phenoxy) is 2. The maximum Gasteiger partial charge on any atom is 0.146 e. The van der Waals surface area contributed by atoms with Gasteiger partial charge in [-0.15, -0.1) is 0 Å².